The van der Waals surface area contributed by atoms with E-state index in [-0.39, 0.29) is 24.5 Å². The Morgan fingerprint density at radius 3 is 2.59 bits per heavy atom. The van der Waals surface area contributed by atoms with E-state index in [9.17, 15) is 19.8 Å². The third kappa shape index (κ3) is 2.34. The molecule has 3 fully saturated rings. The summed E-state index contributed by atoms with van der Waals surface area (Å²) in [5, 5.41) is 20.3. The third-order valence-electron chi connectivity index (χ3n) is 8.74. The molecule has 0 amide bonds. The van der Waals surface area contributed by atoms with Crippen LogP contribution in [0.5, 0.6) is 0 Å². The molecule has 0 bridgehead atoms. The van der Waals surface area contributed by atoms with Gasteiger partial charge in [0.1, 0.15) is 18.4 Å². The second kappa shape index (κ2) is 6.38. The van der Waals surface area contributed by atoms with Crippen molar-refractivity contribution in [3.63, 3.8) is 0 Å². The van der Waals surface area contributed by atoms with Crippen LogP contribution in [0.4, 0.5) is 4.39 Å². The largest absolute Gasteiger partial charge is 0.388 e. The van der Waals surface area contributed by atoms with E-state index < -0.39 is 57.1 Å². The van der Waals surface area contributed by atoms with E-state index in [0.717, 1.165) is 0 Å². The van der Waals surface area contributed by atoms with Crippen molar-refractivity contribution in [1.29, 1.82) is 0 Å². The summed E-state index contributed by atoms with van der Waals surface area (Å²) in [6.45, 7) is 4.68. The van der Waals surface area contributed by atoms with Crippen molar-refractivity contribution >= 4 is 34.8 Å². The number of halogens is 3. The molecule has 0 aromatic carbocycles. The van der Waals surface area contributed by atoms with E-state index in [1.54, 1.807) is 13.0 Å². The fraction of sp³-hybridized carbons (Fsp3) is 0.727. The van der Waals surface area contributed by atoms with Gasteiger partial charge in [-0.25, -0.2) is 4.39 Å². The average Bonchev–Trinajstić information content (AvgIpc) is 2.86. The zero-order valence-electron chi connectivity index (χ0n) is 16.8. The number of ketones is 2. The lowest BCUT2D eigenvalue weighted by Gasteiger charge is -2.64. The summed E-state index contributed by atoms with van der Waals surface area (Å²) in [6, 6.07) is 0. The SMILES string of the molecule is C[C@@H]1C[C@H]2[C@@H]3C[C@H](F)C4=CC(=O)C=C[C@]4(C)[C@@]3(Cl)[C@@H](Cl)C[C@]2(C)[C@@]1(O)C(=O)CO. The van der Waals surface area contributed by atoms with Crippen LogP contribution in [0.3, 0.4) is 0 Å². The predicted molar refractivity (Wildman–Crippen MR) is 109 cm³/mol. The molecule has 4 aliphatic carbocycles. The van der Waals surface area contributed by atoms with Gasteiger partial charge < -0.3 is 10.2 Å². The van der Waals surface area contributed by atoms with Gasteiger partial charge in [-0.3, -0.25) is 9.59 Å². The Balaban J connectivity index is 1.87. The van der Waals surface area contributed by atoms with Crippen LogP contribution in [0.1, 0.15) is 40.0 Å². The van der Waals surface area contributed by atoms with Crippen molar-refractivity contribution in [2.24, 2.45) is 28.6 Å². The van der Waals surface area contributed by atoms with Crippen molar-refractivity contribution in [2.75, 3.05) is 6.61 Å². The Morgan fingerprint density at radius 1 is 1.31 bits per heavy atom. The molecule has 0 aliphatic heterocycles. The zero-order valence-corrected chi connectivity index (χ0v) is 18.3. The summed E-state index contributed by atoms with van der Waals surface area (Å²) >= 11 is 14.2. The van der Waals surface area contributed by atoms with Crippen molar-refractivity contribution in [1.82, 2.24) is 0 Å². The van der Waals surface area contributed by atoms with Crippen LogP contribution in [0, 0.1) is 28.6 Å². The van der Waals surface area contributed by atoms with Crippen molar-refractivity contribution in [2.45, 2.75) is 62.1 Å². The standard InChI is InChI=1S/C22H27Cl2FO4/c1-11-6-13-14-8-16(25)15-7-12(27)4-5-19(15,2)21(14,24)17(23)9-20(13,3)22(11,29)18(28)10-26/h4-5,7,11,13-14,16-17,26,29H,6,8-10H2,1-3H3/t11-,13+,14+,16+,17+,19+,20+,21+,22+/m1/s1. The van der Waals surface area contributed by atoms with Gasteiger partial charge in [0.05, 0.1) is 10.3 Å². The number of Topliss-reactive ketones (excluding diaryl/α,β-unsaturated/α-hetero) is 1. The highest BCUT2D eigenvalue weighted by molar-refractivity contribution is 6.34. The Hall–Kier alpha value is -0.750. The molecule has 4 nitrogen and oxygen atoms in total. The first-order valence-electron chi connectivity index (χ1n) is 10.2. The minimum Gasteiger partial charge on any atom is -0.388 e. The van der Waals surface area contributed by atoms with Crippen molar-refractivity contribution in [3.05, 3.63) is 23.8 Å². The van der Waals surface area contributed by atoms with Crippen LogP contribution in [0.2, 0.25) is 0 Å². The molecule has 160 valence electrons. The monoisotopic (exact) mass is 444 g/mol. The Kier molecular flexibility index (Phi) is 4.73. The van der Waals surface area contributed by atoms with Gasteiger partial charge in [-0.15, -0.1) is 23.2 Å². The molecule has 4 rings (SSSR count). The van der Waals surface area contributed by atoms with Gasteiger partial charge in [0.15, 0.2) is 11.6 Å². The Labute approximate surface area is 180 Å². The molecule has 2 N–H and O–H groups in total. The number of hydrogen-bond donors (Lipinski definition) is 2. The molecule has 0 heterocycles. The predicted octanol–water partition coefficient (Wildman–Crippen LogP) is 3.36. The number of rotatable bonds is 2. The van der Waals surface area contributed by atoms with Crippen molar-refractivity contribution in [3.8, 4) is 0 Å². The molecule has 7 heteroatoms. The number of aliphatic hydroxyl groups is 2. The highest BCUT2D eigenvalue weighted by Crippen LogP contribution is 2.72. The summed E-state index contributed by atoms with van der Waals surface area (Å²) in [5.41, 5.74) is -3.24. The lowest BCUT2D eigenvalue weighted by atomic mass is 9.46. The highest BCUT2D eigenvalue weighted by Gasteiger charge is 2.75. The maximum Gasteiger partial charge on any atom is 0.190 e. The van der Waals surface area contributed by atoms with Gasteiger partial charge >= 0.3 is 0 Å². The molecule has 0 aromatic rings. The minimum absolute atomic E-state index is 0.0889. The molecule has 3 saturated carbocycles. The number of hydrogen-bond acceptors (Lipinski definition) is 4. The lowest BCUT2D eigenvalue weighted by molar-refractivity contribution is -0.168. The molecule has 9 atom stereocenters. The first-order valence-corrected chi connectivity index (χ1v) is 11.0. The van der Waals surface area contributed by atoms with Gasteiger partial charge in [-0.2, -0.15) is 0 Å². The Morgan fingerprint density at radius 2 is 1.97 bits per heavy atom. The van der Waals surface area contributed by atoms with Crippen LogP contribution in [0.25, 0.3) is 0 Å². The number of fused-ring (bicyclic) bond motifs is 5. The molecule has 0 spiro atoms. The minimum atomic E-state index is -1.74. The molecular weight excluding hydrogens is 418 g/mol. The van der Waals surface area contributed by atoms with E-state index in [2.05, 4.69) is 0 Å². The summed E-state index contributed by atoms with van der Waals surface area (Å²) in [4.78, 5) is 23.5. The molecule has 0 aromatic heterocycles. The smallest absolute Gasteiger partial charge is 0.190 e. The first-order chi connectivity index (χ1) is 13.4. The zero-order chi connectivity index (χ0) is 21.6. The second-order valence-corrected chi connectivity index (χ2v) is 10.9. The maximum atomic E-state index is 15.4. The van der Waals surface area contributed by atoms with E-state index in [0.29, 0.717) is 12.0 Å². The fourth-order valence-corrected chi connectivity index (χ4v) is 8.39. The third-order valence-corrected chi connectivity index (χ3v) is 10.3. The summed E-state index contributed by atoms with van der Waals surface area (Å²) in [5.74, 6) is -1.94. The van der Waals surface area contributed by atoms with Gasteiger partial charge in [-0.1, -0.05) is 26.8 Å². The van der Waals surface area contributed by atoms with Crippen LogP contribution < -0.4 is 0 Å². The lowest BCUT2D eigenvalue weighted by Crippen LogP contribution is -2.69. The molecule has 4 aliphatic rings. The quantitative estimate of drug-likeness (QED) is 0.640. The maximum absolute atomic E-state index is 15.4. The van der Waals surface area contributed by atoms with Gasteiger partial charge in [0.25, 0.3) is 0 Å². The number of carbonyl (C=O) groups is 2. The van der Waals surface area contributed by atoms with E-state index in [4.69, 9.17) is 23.2 Å². The first kappa shape index (κ1) is 21.5. The van der Waals surface area contributed by atoms with E-state index in [1.807, 2.05) is 13.8 Å². The van der Waals surface area contributed by atoms with E-state index >= 15 is 4.39 Å². The molecular formula is C22H27Cl2FO4. The van der Waals surface area contributed by atoms with E-state index in [1.165, 1.54) is 12.2 Å². The summed E-state index contributed by atoms with van der Waals surface area (Å²) < 4.78 is 15.4. The number of carbonyl (C=O) groups excluding carboxylic acids is 2. The summed E-state index contributed by atoms with van der Waals surface area (Å²) in [7, 11) is 0. The second-order valence-electron chi connectivity index (χ2n) is 9.80. The van der Waals surface area contributed by atoms with Gasteiger partial charge in [-0.05, 0) is 54.7 Å². The van der Waals surface area contributed by atoms with Crippen LogP contribution >= 0.6 is 23.2 Å². The number of aliphatic hydroxyl groups excluding tert-OH is 1. The molecule has 0 unspecified atom stereocenters. The number of allylic oxidation sites excluding steroid dienone is 4. The molecule has 29 heavy (non-hydrogen) atoms. The van der Waals surface area contributed by atoms with Gasteiger partial charge in [0.2, 0.25) is 0 Å². The average molecular weight is 445 g/mol. The van der Waals surface area contributed by atoms with Crippen LogP contribution in [-0.4, -0.2) is 50.4 Å². The summed E-state index contributed by atoms with van der Waals surface area (Å²) in [6.07, 6.45) is 3.92. The normalized spacial score (nSPS) is 53.7. The number of alkyl halides is 3. The molecule has 0 saturated heterocycles. The molecule has 0 radical (unpaired) electrons. The topological polar surface area (TPSA) is 74.6 Å². The van der Waals surface area contributed by atoms with Crippen LogP contribution in [-0.2, 0) is 9.59 Å². The van der Waals surface area contributed by atoms with Crippen LogP contribution in [0.15, 0.2) is 23.8 Å². The fourth-order valence-electron chi connectivity index (χ4n) is 7.19. The Bertz CT molecular complexity index is 843. The van der Waals surface area contributed by atoms with Gasteiger partial charge in [0, 0.05) is 10.8 Å². The highest BCUT2D eigenvalue weighted by atomic mass is 35.5. The van der Waals surface area contributed by atoms with Crippen molar-refractivity contribution < 1.29 is 24.2 Å².